The Bertz CT molecular complexity index is 628. The second-order valence-electron chi connectivity index (χ2n) is 4.33. The zero-order chi connectivity index (χ0) is 15.2. The van der Waals surface area contributed by atoms with Crippen LogP contribution >= 0.6 is 15.9 Å². The highest BCUT2D eigenvalue weighted by molar-refractivity contribution is 9.08. The van der Waals surface area contributed by atoms with Crippen molar-refractivity contribution in [1.29, 1.82) is 0 Å². The summed E-state index contributed by atoms with van der Waals surface area (Å²) in [6, 6.07) is 12.0. The summed E-state index contributed by atoms with van der Waals surface area (Å²) < 4.78 is 11.0. The maximum Gasteiger partial charge on any atom is 0.269 e. The van der Waals surface area contributed by atoms with Crippen LogP contribution < -0.4 is 9.47 Å². The van der Waals surface area contributed by atoms with Crippen LogP contribution in [-0.4, -0.2) is 12.0 Å². The van der Waals surface area contributed by atoms with Crippen molar-refractivity contribution in [2.45, 2.75) is 11.9 Å². The fourth-order valence-electron chi connectivity index (χ4n) is 1.79. The van der Waals surface area contributed by atoms with E-state index in [1.165, 1.54) is 12.1 Å². The normalized spacial score (nSPS) is 10.2. The molecule has 0 aliphatic rings. The maximum absolute atomic E-state index is 10.6. The van der Waals surface area contributed by atoms with Crippen molar-refractivity contribution in [2.24, 2.45) is 0 Å². The number of non-ortho nitro benzene ring substituents is 1. The Kier molecular flexibility index (Phi) is 5.16. The first-order chi connectivity index (χ1) is 10.1. The van der Waals surface area contributed by atoms with Gasteiger partial charge in [-0.15, -0.1) is 0 Å². The molecule has 0 bridgehead atoms. The summed E-state index contributed by atoms with van der Waals surface area (Å²) in [6.07, 6.45) is 0. The minimum atomic E-state index is -0.423. The minimum Gasteiger partial charge on any atom is -0.493 e. The van der Waals surface area contributed by atoms with Gasteiger partial charge in [-0.3, -0.25) is 10.1 Å². The van der Waals surface area contributed by atoms with E-state index in [9.17, 15) is 10.1 Å². The first-order valence-corrected chi connectivity index (χ1v) is 7.35. The number of halogens is 1. The van der Waals surface area contributed by atoms with E-state index >= 15 is 0 Å². The molecule has 0 amide bonds. The molecule has 0 aromatic heterocycles. The SMILES string of the molecule is COc1ccc(CBr)cc1OCc1ccc([N+](=O)[O-])cc1. The number of nitro groups is 1. The number of hydrogen-bond donors (Lipinski definition) is 0. The molecule has 2 aromatic carbocycles. The third kappa shape index (κ3) is 3.95. The largest absolute Gasteiger partial charge is 0.493 e. The van der Waals surface area contributed by atoms with Crippen LogP contribution in [0.3, 0.4) is 0 Å². The summed E-state index contributed by atoms with van der Waals surface area (Å²) in [5.74, 6) is 1.30. The second kappa shape index (κ2) is 7.08. The van der Waals surface area contributed by atoms with E-state index in [4.69, 9.17) is 9.47 Å². The van der Waals surface area contributed by atoms with Crippen LogP contribution in [0.4, 0.5) is 5.69 Å². The van der Waals surface area contributed by atoms with Crippen LogP contribution in [0.5, 0.6) is 11.5 Å². The van der Waals surface area contributed by atoms with Crippen molar-refractivity contribution in [3.05, 3.63) is 63.7 Å². The van der Waals surface area contributed by atoms with Gasteiger partial charge in [0.2, 0.25) is 0 Å². The molecule has 0 N–H and O–H groups in total. The van der Waals surface area contributed by atoms with Crippen LogP contribution in [0.1, 0.15) is 11.1 Å². The fourth-order valence-corrected chi connectivity index (χ4v) is 2.14. The molecule has 0 fully saturated rings. The molecule has 5 nitrogen and oxygen atoms in total. The first kappa shape index (κ1) is 15.3. The highest BCUT2D eigenvalue weighted by Gasteiger charge is 2.07. The number of ether oxygens (including phenoxy) is 2. The molecule has 2 rings (SSSR count). The summed E-state index contributed by atoms with van der Waals surface area (Å²) in [5, 5.41) is 11.3. The van der Waals surface area contributed by atoms with Gasteiger partial charge < -0.3 is 9.47 Å². The van der Waals surface area contributed by atoms with E-state index in [2.05, 4.69) is 15.9 Å². The highest BCUT2D eigenvalue weighted by Crippen LogP contribution is 2.29. The Morgan fingerprint density at radius 1 is 1.10 bits per heavy atom. The summed E-state index contributed by atoms with van der Waals surface area (Å²) in [7, 11) is 1.59. The molecule has 110 valence electrons. The van der Waals surface area contributed by atoms with Crippen LogP contribution in [0.25, 0.3) is 0 Å². The number of hydrogen-bond acceptors (Lipinski definition) is 4. The summed E-state index contributed by atoms with van der Waals surface area (Å²) in [4.78, 5) is 10.2. The van der Waals surface area contributed by atoms with Gasteiger partial charge in [0.25, 0.3) is 5.69 Å². The Morgan fingerprint density at radius 3 is 2.33 bits per heavy atom. The topological polar surface area (TPSA) is 61.6 Å². The van der Waals surface area contributed by atoms with Crippen molar-refractivity contribution < 1.29 is 14.4 Å². The molecule has 2 aromatic rings. The van der Waals surface area contributed by atoms with Crippen LogP contribution in [-0.2, 0) is 11.9 Å². The van der Waals surface area contributed by atoms with Gasteiger partial charge in [0, 0.05) is 17.5 Å². The van der Waals surface area contributed by atoms with E-state index in [1.54, 1.807) is 19.2 Å². The van der Waals surface area contributed by atoms with Gasteiger partial charge in [0.15, 0.2) is 11.5 Å². The highest BCUT2D eigenvalue weighted by atomic mass is 79.9. The van der Waals surface area contributed by atoms with E-state index in [1.807, 2.05) is 18.2 Å². The predicted molar refractivity (Wildman–Crippen MR) is 83.1 cm³/mol. The molecule has 0 aliphatic heterocycles. The molecule has 0 saturated heterocycles. The molecule has 21 heavy (non-hydrogen) atoms. The Morgan fingerprint density at radius 2 is 1.76 bits per heavy atom. The number of nitrogens with zero attached hydrogens (tertiary/aromatic N) is 1. The predicted octanol–water partition coefficient (Wildman–Crippen LogP) is 4.08. The Balaban J connectivity index is 2.10. The van der Waals surface area contributed by atoms with Gasteiger partial charge in [0.1, 0.15) is 6.61 Å². The van der Waals surface area contributed by atoms with Crippen molar-refractivity contribution in [3.63, 3.8) is 0 Å². The van der Waals surface area contributed by atoms with Crippen molar-refractivity contribution in [2.75, 3.05) is 7.11 Å². The lowest BCUT2D eigenvalue weighted by molar-refractivity contribution is -0.384. The standard InChI is InChI=1S/C15H14BrNO4/c1-20-14-7-4-12(9-16)8-15(14)21-10-11-2-5-13(6-3-11)17(18)19/h2-8H,9-10H2,1H3. The number of alkyl halides is 1. The smallest absolute Gasteiger partial charge is 0.269 e. The zero-order valence-electron chi connectivity index (χ0n) is 11.4. The molecule has 0 radical (unpaired) electrons. The third-order valence-electron chi connectivity index (χ3n) is 2.92. The number of methoxy groups -OCH3 is 1. The number of rotatable bonds is 6. The van der Waals surface area contributed by atoms with Gasteiger partial charge in [-0.2, -0.15) is 0 Å². The maximum atomic E-state index is 10.6. The molecule has 0 atom stereocenters. The molecule has 0 heterocycles. The summed E-state index contributed by atoms with van der Waals surface area (Å²) in [6.45, 7) is 0.320. The lowest BCUT2D eigenvalue weighted by Gasteiger charge is -2.11. The molecule has 0 aliphatic carbocycles. The zero-order valence-corrected chi connectivity index (χ0v) is 13.0. The van der Waals surface area contributed by atoms with Crippen molar-refractivity contribution in [3.8, 4) is 11.5 Å². The van der Waals surface area contributed by atoms with E-state index < -0.39 is 4.92 Å². The van der Waals surface area contributed by atoms with Crippen molar-refractivity contribution in [1.82, 2.24) is 0 Å². The molecule has 6 heteroatoms. The first-order valence-electron chi connectivity index (χ1n) is 6.23. The quantitative estimate of drug-likeness (QED) is 0.447. The van der Waals surface area contributed by atoms with E-state index in [0.717, 1.165) is 16.5 Å². The van der Waals surface area contributed by atoms with Crippen LogP contribution in [0.15, 0.2) is 42.5 Å². The van der Waals surface area contributed by atoms with E-state index in [-0.39, 0.29) is 5.69 Å². The number of benzene rings is 2. The lowest BCUT2D eigenvalue weighted by Crippen LogP contribution is -1.98. The van der Waals surface area contributed by atoms with Crippen molar-refractivity contribution >= 4 is 21.6 Å². The summed E-state index contributed by atoms with van der Waals surface area (Å²) >= 11 is 3.40. The van der Waals surface area contributed by atoms with Gasteiger partial charge >= 0.3 is 0 Å². The lowest BCUT2D eigenvalue weighted by atomic mass is 10.2. The van der Waals surface area contributed by atoms with Gasteiger partial charge in [-0.1, -0.05) is 22.0 Å². The Labute approximate surface area is 130 Å². The average Bonchev–Trinajstić information content (AvgIpc) is 2.52. The molecule has 0 unspecified atom stereocenters. The number of nitro benzene ring substituents is 1. The molecule has 0 saturated carbocycles. The average molecular weight is 352 g/mol. The van der Waals surface area contributed by atoms with Gasteiger partial charge in [0.05, 0.1) is 12.0 Å². The molecular formula is C15H14BrNO4. The third-order valence-corrected chi connectivity index (χ3v) is 3.57. The Hall–Kier alpha value is -2.08. The van der Waals surface area contributed by atoms with Gasteiger partial charge in [-0.05, 0) is 35.4 Å². The fraction of sp³-hybridized carbons (Fsp3) is 0.200. The van der Waals surface area contributed by atoms with E-state index in [0.29, 0.717) is 18.1 Å². The minimum absolute atomic E-state index is 0.0672. The van der Waals surface area contributed by atoms with Gasteiger partial charge in [-0.25, -0.2) is 0 Å². The molecule has 0 spiro atoms. The van der Waals surface area contributed by atoms with Crippen LogP contribution in [0.2, 0.25) is 0 Å². The monoisotopic (exact) mass is 351 g/mol. The summed E-state index contributed by atoms with van der Waals surface area (Å²) in [5.41, 5.74) is 2.00. The van der Waals surface area contributed by atoms with Crippen LogP contribution in [0, 0.1) is 10.1 Å². The molecular weight excluding hydrogens is 338 g/mol. The second-order valence-corrected chi connectivity index (χ2v) is 4.89.